The Balaban J connectivity index is 0.00000380. The number of benzene rings is 2. The molecule has 2 fully saturated rings. The number of urea groups is 2. The Labute approximate surface area is 222 Å². The molecule has 10 heteroatoms. The van der Waals surface area contributed by atoms with E-state index in [1.807, 2.05) is 26.0 Å². The van der Waals surface area contributed by atoms with Crippen LogP contribution in [0.1, 0.15) is 56.2 Å². The summed E-state index contributed by atoms with van der Waals surface area (Å²) < 4.78 is 40.6. The highest BCUT2D eigenvalue weighted by molar-refractivity contribution is 5.95. The third-order valence-electron chi connectivity index (χ3n) is 7.25. The van der Waals surface area contributed by atoms with Crippen molar-refractivity contribution in [3.63, 3.8) is 0 Å². The molecule has 2 aliphatic heterocycles. The standard InChI is InChI=1S/C27H33F3N4O2.ClH/c1-27(2)17-32-26(36)34(24(27)20-6-9-22(29)23(30)16-20)25(35)31-12-3-13-33-14-10-19(11-15-33)18-4-7-21(28)8-5-18;/h4-9,16,19,24H,3,10-15,17H2,1-2H3,(H,31,35)(H,32,36);1H/t24-;/m0./s1. The van der Waals surface area contributed by atoms with Gasteiger partial charge in [-0.2, -0.15) is 0 Å². The highest BCUT2D eigenvalue weighted by Crippen LogP contribution is 2.41. The Morgan fingerprint density at radius 2 is 1.68 bits per heavy atom. The fourth-order valence-corrected chi connectivity index (χ4v) is 5.25. The molecule has 0 spiro atoms. The summed E-state index contributed by atoms with van der Waals surface area (Å²) in [5, 5.41) is 5.54. The first-order valence-corrected chi connectivity index (χ1v) is 12.4. The summed E-state index contributed by atoms with van der Waals surface area (Å²) in [6.07, 6.45) is 2.70. The van der Waals surface area contributed by atoms with Crippen molar-refractivity contribution >= 4 is 24.5 Å². The minimum absolute atomic E-state index is 0. The molecule has 0 saturated carbocycles. The first-order chi connectivity index (χ1) is 17.2. The van der Waals surface area contributed by atoms with E-state index >= 15 is 0 Å². The van der Waals surface area contributed by atoms with Crippen LogP contribution in [0.4, 0.5) is 22.8 Å². The summed E-state index contributed by atoms with van der Waals surface area (Å²) in [7, 11) is 0. The zero-order chi connectivity index (χ0) is 25.9. The van der Waals surface area contributed by atoms with Crippen LogP contribution in [0.2, 0.25) is 0 Å². The second-order valence-electron chi connectivity index (χ2n) is 10.3. The summed E-state index contributed by atoms with van der Waals surface area (Å²) in [5.41, 5.74) is 0.944. The Morgan fingerprint density at radius 3 is 2.32 bits per heavy atom. The zero-order valence-electron chi connectivity index (χ0n) is 21.1. The van der Waals surface area contributed by atoms with Gasteiger partial charge in [0.2, 0.25) is 0 Å². The second kappa shape index (κ2) is 12.2. The summed E-state index contributed by atoms with van der Waals surface area (Å²) >= 11 is 0. The van der Waals surface area contributed by atoms with Crippen molar-refractivity contribution < 1.29 is 22.8 Å². The molecule has 6 nitrogen and oxygen atoms in total. The third-order valence-corrected chi connectivity index (χ3v) is 7.25. The molecule has 2 aliphatic rings. The molecule has 0 bridgehead atoms. The van der Waals surface area contributed by atoms with Crippen molar-refractivity contribution in [2.24, 2.45) is 5.41 Å². The van der Waals surface area contributed by atoms with E-state index in [0.29, 0.717) is 31.0 Å². The Bertz CT molecular complexity index is 1090. The zero-order valence-corrected chi connectivity index (χ0v) is 21.9. The molecule has 2 heterocycles. The lowest BCUT2D eigenvalue weighted by Gasteiger charge is -2.45. The predicted octanol–water partition coefficient (Wildman–Crippen LogP) is 5.60. The lowest BCUT2D eigenvalue weighted by molar-refractivity contribution is 0.0922. The van der Waals surface area contributed by atoms with Crippen LogP contribution >= 0.6 is 12.4 Å². The number of likely N-dealkylation sites (tertiary alicyclic amines) is 1. The van der Waals surface area contributed by atoms with Gasteiger partial charge in [-0.25, -0.2) is 27.7 Å². The number of carbonyl (C=O) groups is 2. The Morgan fingerprint density at radius 1 is 1.03 bits per heavy atom. The minimum atomic E-state index is -1.02. The van der Waals surface area contributed by atoms with Crippen LogP contribution in [0.3, 0.4) is 0 Å². The topological polar surface area (TPSA) is 64.7 Å². The average molecular weight is 539 g/mol. The van der Waals surface area contributed by atoms with Crippen LogP contribution in [-0.2, 0) is 0 Å². The number of hydrogen-bond donors (Lipinski definition) is 2. The molecule has 2 saturated heterocycles. The monoisotopic (exact) mass is 538 g/mol. The van der Waals surface area contributed by atoms with E-state index in [1.165, 1.54) is 23.8 Å². The predicted molar refractivity (Wildman–Crippen MR) is 138 cm³/mol. The van der Waals surface area contributed by atoms with E-state index in [2.05, 4.69) is 15.5 Å². The van der Waals surface area contributed by atoms with Gasteiger partial charge in [0.15, 0.2) is 11.6 Å². The number of piperidine rings is 1. The van der Waals surface area contributed by atoms with Gasteiger partial charge in [0.25, 0.3) is 0 Å². The van der Waals surface area contributed by atoms with Crippen LogP contribution in [0.15, 0.2) is 42.5 Å². The largest absolute Gasteiger partial charge is 0.338 e. The van der Waals surface area contributed by atoms with Gasteiger partial charge in [0.1, 0.15) is 5.82 Å². The summed E-state index contributed by atoms with van der Waals surface area (Å²) in [5.74, 6) is -1.79. The summed E-state index contributed by atoms with van der Waals surface area (Å²) in [6.45, 7) is 7.08. The van der Waals surface area contributed by atoms with Gasteiger partial charge < -0.3 is 15.5 Å². The minimum Gasteiger partial charge on any atom is -0.338 e. The van der Waals surface area contributed by atoms with Gasteiger partial charge in [-0.3, -0.25) is 0 Å². The number of rotatable bonds is 6. The van der Waals surface area contributed by atoms with E-state index < -0.39 is 35.2 Å². The molecular formula is C27H34ClF3N4O2. The lowest BCUT2D eigenvalue weighted by Crippen LogP contribution is -2.60. The van der Waals surface area contributed by atoms with Crippen LogP contribution in [-0.4, -0.2) is 54.6 Å². The lowest BCUT2D eigenvalue weighted by atomic mass is 9.78. The molecule has 0 aliphatic carbocycles. The smallest absolute Gasteiger partial charge is 0.326 e. The van der Waals surface area contributed by atoms with Crippen LogP contribution in [0.5, 0.6) is 0 Å². The van der Waals surface area contributed by atoms with Gasteiger partial charge in [0, 0.05) is 18.5 Å². The van der Waals surface area contributed by atoms with Crippen molar-refractivity contribution in [3.8, 4) is 0 Å². The Hall–Kier alpha value is -2.78. The fourth-order valence-electron chi connectivity index (χ4n) is 5.25. The van der Waals surface area contributed by atoms with E-state index in [-0.39, 0.29) is 18.2 Å². The first kappa shape index (κ1) is 28.8. The maximum atomic E-state index is 14.0. The third kappa shape index (κ3) is 6.76. The molecule has 2 aromatic rings. The van der Waals surface area contributed by atoms with Gasteiger partial charge in [-0.05, 0) is 80.2 Å². The van der Waals surface area contributed by atoms with Crippen molar-refractivity contribution in [2.45, 2.75) is 45.1 Å². The molecule has 37 heavy (non-hydrogen) atoms. The van der Waals surface area contributed by atoms with Crippen molar-refractivity contribution in [1.82, 2.24) is 20.4 Å². The van der Waals surface area contributed by atoms with E-state index in [4.69, 9.17) is 0 Å². The summed E-state index contributed by atoms with van der Waals surface area (Å²) in [6, 6.07) is 8.34. The Kier molecular flexibility index (Phi) is 9.47. The fraction of sp³-hybridized carbons (Fsp3) is 0.481. The first-order valence-electron chi connectivity index (χ1n) is 12.4. The van der Waals surface area contributed by atoms with E-state index in [1.54, 1.807) is 0 Å². The van der Waals surface area contributed by atoms with Crippen LogP contribution in [0.25, 0.3) is 0 Å². The number of nitrogens with one attached hydrogen (secondary N) is 2. The van der Waals surface area contributed by atoms with Crippen molar-refractivity contribution in [3.05, 3.63) is 71.0 Å². The number of amides is 4. The van der Waals surface area contributed by atoms with Crippen LogP contribution in [0, 0.1) is 22.9 Å². The van der Waals surface area contributed by atoms with E-state index in [9.17, 15) is 22.8 Å². The van der Waals surface area contributed by atoms with Gasteiger partial charge in [0.05, 0.1) is 6.04 Å². The maximum absolute atomic E-state index is 14.0. The SMILES string of the molecule is CC1(C)CNC(=O)N(C(=O)NCCCN2CCC(c3ccc(F)cc3)CC2)[C@H]1c1ccc(F)c(F)c1.Cl. The number of imide groups is 1. The highest BCUT2D eigenvalue weighted by Gasteiger charge is 2.45. The summed E-state index contributed by atoms with van der Waals surface area (Å²) in [4.78, 5) is 29.1. The molecule has 1 atom stereocenters. The number of halogens is 4. The van der Waals surface area contributed by atoms with Crippen molar-refractivity contribution in [1.29, 1.82) is 0 Å². The highest BCUT2D eigenvalue weighted by atomic mass is 35.5. The second-order valence-corrected chi connectivity index (χ2v) is 10.3. The number of nitrogens with zero attached hydrogens (tertiary/aromatic N) is 2. The average Bonchev–Trinajstić information content (AvgIpc) is 2.85. The molecule has 0 aromatic heterocycles. The molecule has 2 aromatic carbocycles. The number of carbonyl (C=O) groups excluding carboxylic acids is 2. The molecule has 0 radical (unpaired) electrons. The quantitative estimate of drug-likeness (QED) is 0.471. The van der Waals surface area contributed by atoms with E-state index in [0.717, 1.165) is 49.5 Å². The van der Waals surface area contributed by atoms with Crippen LogP contribution < -0.4 is 10.6 Å². The van der Waals surface area contributed by atoms with Gasteiger partial charge in [-0.1, -0.05) is 32.0 Å². The molecule has 4 amide bonds. The molecule has 2 N–H and O–H groups in total. The van der Waals surface area contributed by atoms with Gasteiger partial charge in [-0.15, -0.1) is 12.4 Å². The maximum Gasteiger partial charge on any atom is 0.326 e. The van der Waals surface area contributed by atoms with Crippen molar-refractivity contribution in [2.75, 3.05) is 32.7 Å². The molecule has 0 unspecified atom stereocenters. The number of hydrogen-bond acceptors (Lipinski definition) is 3. The molecular weight excluding hydrogens is 505 g/mol. The van der Waals surface area contributed by atoms with Gasteiger partial charge >= 0.3 is 12.1 Å². The molecule has 4 rings (SSSR count). The molecule has 202 valence electrons. The normalized spacial score (nSPS) is 20.2.